The minimum atomic E-state index is -0.553. The summed E-state index contributed by atoms with van der Waals surface area (Å²) in [7, 11) is 0. The summed E-state index contributed by atoms with van der Waals surface area (Å²) in [5, 5.41) is 12.9. The average Bonchev–Trinajstić information content (AvgIpc) is 2.27. The van der Waals surface area contributed by atoms with Gasteiger partial charge in [-0.15, -0.1) is 0 Å². The van der Waals surface area contributed by atoms with Crippen molar-refractivity contribution in [2.75, 3.05) is 0 Å². The van der Waals surface area contributed by atoms with Gasteiger partial charge in [-0.1, -0.05) is 0 Å². The molecule has 1 saturated carbocycles. The van der Waals surface area contributed by atoms with E-state index in [9.17, 15) is 13.9 Å². The van der Waals surface area contributed by atoms with Gasteiger partial charge >= 0.3 is 0 Å². The van der Waals surface area contributed by atoms with Crippen molar-refractivity contribution in [1.82, 2.24) is 5.32 Å². The third-order valence-corrected chi connectivity index (χ3v) is 3.52. The second-order valence-corrected chi connectivity index (χ2v) is 5.11. The van der Waals surface area contributed by atoms with Crippen LogP contribution in [0.2, 0.25) is 0 Å². The Kier molecular flexibility index (Phi) is 4.30. The lowest BCUT2D eigenvalue weighted by Gasteiger charge is -2.29. The van der Waals surface area contributed by atoms with Crippen LogP contribution in [0.25, 0.3) is 0 Å². The molecule has 0 heterocycles. The van der Waals surface area contributed by atoms with E-state index in [0.29, 0.717) is 12.0 Å². The molecular formula is C14H19F2NO. The smallest absolute Gasteiger partial charge is 0.126 e. The lowest BCUT2D eigenvalue weighted by atomic mass is 9.92. The lowest BCUT2D eigenvalue weighted by molar-refractivity contribution is 0.109. The summed E-state index contributed by atoms with van der Waals surface area (Å²) in [6, 6.07) is 3.67. The largest absolute Gasteiger partial charge is 0.393 e. The van der Waals surface area contributed by atoms with Crippen LogP contribution in [0.1, 0.15) is 44.2 Å². The van der Waals surface area contributed by atoms with Gasteiger partial charge in [-0.3, -0.25) is 0 Å². The number of hydrogen-bond donors (Lipinski definition) is 2. The van der Waals surface area contributed by atoms with Crippen molar-refractivity contribution in [3.05, 3.63) is 35.4 Å². The van der Waals surface area contributed by atoms with Crippen LogP contribution in [-0.4, -0.2) is 17.3 Å². The van der Waals surface area contributed by atoms with E-state index < -0.39 is 11.6 Å². The number of aliphatic hydroxyl groups is 1. The van der Waals surface area contributed by atoms with Crippen molar-refractivity contribution in [3.63, 3.8) is 0 Å². The van der Waals surface area contributed by atoms with Crippen LogP contribution < -0.4 is 5.32 Å². The van der Waals surface area contributed by atoms with Crippen LogP contribution >= 0.6 is 0 Å². The molecule has 3 atom stereocenters. The number of aliphatic hydroxyl groups excluding tert-OH is 1. The molecule has 2 rings (SSSR count). The van der Waals surface area contributed by atoms with Gasteiger partial charge in [-0.25, -0.2) is 8.78 Å². The van der Waals surface area contributed by atoms with E-state index in [2.05, 4.69) is 5.32 Å². The topological polar surface area (TPSA) is 32.3 Å². The summed E-state index contributed by atoms with van der Waals surface area (Å²) in [5.74, 6) is -1.11. The van der Waals surface area contributed by atoms with Crippen LogP contribution in [0.15, 0.2) is 18.2 Å². The Morgan fingerprint density at radius 2 is 1.89 bits per heavy atom. The summed E-state index contributed by atoms with van der Waals surface area (Å²) in [4.78, 5) is 0. The minimum Gasteiger partial charge on any atom is -0.393 e. The first-order valence-corrected chi connectivity index (χ1v) is 6.44. The molecule has 1 fully saturated rings. The summed E-state index contributed by atoms with van der Waals surface area (Å²) in [6.45, 7) is 1.88. The molecule has 1 aromatic rings. The number of halogens is 2. The zero-order valence-corrected chi connectivity index (χ0v) is 10.5. The molecule has 0 aromatic heterocycles. The summed E-state index contributed by atoms with van der Waals surface area (Å²) >= 11 is 0. The summed E-state index contributed by atoms with van der Waals surface area (Å²) in [6.07, 6.45) is 3.29. The third kappa shape index (κ3) is 3.50. The normalized spacial score (nSPS) is 26.0. The zero-order chi connectivity index (χ0) is 13.1. The second-order valence-electron chi connectivity index (χ2n) is 5.11. The molecule has 0 bridgehead atoms. The maximum absolute atomic E-state index is 13.1. The predicted molar refractivity (Wildman–Crippen MR) is 66.2 cm³/mol. The van der Waals surface area contributed by atoms with Crippen molar-refractivity contribution in [2.45, 2.75) is 50.8 Å². The monoisotopic (exact) mass is 255 g/mol. The van der Waals surface area contributed by atoms with Crippen LogP contribution in [0.4, 0.5) is 8.78 Å². The molecule has 0 saturated heterocycles. The highest BCUT2D eigenvalue weighted by atomic mass is 19.1. The van der Waals surface area contributed by atoms with E-state index in [4.69, 9.17) is 0 Å². The van der Waals surface area contributed by atoms with Crippen LogP contribution in [0.5, 0.6) is 0 Å². The van der Waals surface area contributed by atoms with Crippen LogP contribution in [0, 0.1) is 11.6 Å². The number of hydrogen-bond acceptors (Lipinski definition) is 2. The van der Waals surface area contributed by atoms with E-state index in [1.54, 1.807) is 0 Å². The van der Waals surface area contributed by atoms with E-state index in [0.717, 1.165) is 25.3 Å². The van der Waals surface area contributed by atoms with Gasteiger partial charge in [-0.2, -0.15) is 0 Å². The highest BCUT2D eigenvalue weighted by Gasteiger charge is 2.22. The van der Waals surface area contributed by atoms with Crippen LogP contribution in [0.3, 0.4) is 0 Å². The van der Waals surface area contributed by atoms with E-state index in [-0.39, 0.29) is 18.2 Å². The number of benzene rings is 1. The molecule has 0 aliphatic heterocycles. The first kappa shape index (κ1) is 13.4. The molecule has 3 unspecified atom stereocenters. The Bertz CT molecular complexity index is 391. The average molecular weight is 255 g/mol. The summed E-state index contributed by atoms with van der Waals surface area (Å²) in [5.41, 5.74) is 0.604. The molecule has 1 aromatic carbocycles. The Morgan fingerprint density at radius 1 is 1.22 bits per heavy atom. The van der Waals surface area contributed by atoms with Crippen molar-refractivity contribution >= 4 is 0 Å². The molecule has 0 spiro atoms. The minimum absolute atomic E-state index is 0.120. The molecule has 2 nitrogen and oxygen atoms in total. The quantitative estimate of drug-likeness (QED) is 0.870. The van der Waals surface area contributed by atoms with E-state index >= 15 is 0 Å². The highest BCUT2D eigenvalue weighted by Crippen LogP contribution is 2.22. The van der Waals surface area contributed by atoms with Gasteiger partial charge in [0, 0.05) is 18.2 Å². The zero-order valence-electron chi connectivity index (χ0n) is 10.5. The number of rotatable bonds is 3. The van der Waals surface area contributed by atoms with Crippen molar-refractivity contribution in [1.29, 1.82) is 0 Å². The molecule has 0 amide bonds. The maximum atomic E-state index is 13.1. The second kappa shape index (κ2) is 5.76. The summed E-state index contributed by atoms with van der Waals surface area (Å²) < 4.78 is 26.2. The fraction of sp³-hybridized carbons (Fsp3) is 0.571. The van der Waals surface area contributed by atoms with Gasteiger partial charge in [0.25, 0.3) is 0 Å². The Hall–Kier alpha value is -1.00. The SMILES string of the molecule is CC(NC1CCCC(O)C1)c1cc(F)cc(F)c1. The Morgan fingerprint density at radius 3 is 2.50 bits per heavy atom. The van der Waals surface area contributed by atoms with Gasteiger partial charge in [0.2, 0.25) is 0 Å². The maximum Gasteiger partial charge on any atom is 0.126 e. The Labute approximate surface area is 106 Å². The predicted octanol–water partition coefficient (Wildman–Crippen LogP) is 2.92. The fourth-order valence-electron chi connectivity index (χ4n) is 2.59. The van der Waals surface area contributed by atoms with E-state index in [1.165, 1.54) is 12.1 Å². The van der Waals surface area contributed by atoms with Crippen LogP contribution in [-0.2, 0) is 0 Å². The highest BCUT2D eigenvalue weighted by molar-refractivity contribution is 5.21. The first-order chi connectivity index (χ1) is 8.54. The molecule has 2 N–H and O–H groups in total. The third-order valence-electron chi connectivity index (χ3n) is 3.52. The van der Waals surface area contributed by atoms with Gasteiger partial charge in [0.15, 0.2) is 0 Å². The molecule has 1 aliphatic carbocycles. The van der Waals surface area contributed by atoms with Gasteiger partial charge in [-0.05, 0) is 50.3 Å². The first-order valence-electron chi connectivity index (χ1n) is 6.44. The molecular weight excluding hydrogens is 236 g/mol. The van der Waals surface area contributed by atoms with Crippen molar-refractivity contribution in [2.24, 2.45) is 0 Å². The molecule has 18 heavy (non-hydrogen) atoms. The molecule has 1 aliphatic rings. The fourth-order valence-corrected chi connectivity index (χ4v) is 2.59. The molecule has 100 valence electrons. The van der Waals surface area contributed by atoms with Crippen molar-refractivity contribution in [3.8, 4) is 0 Å². The van der Waals surface area contributed by atoms with E-state index in [1.807, 2.05) is 6.92 Å². The van der Waals surface area contributed by atoms with Gasteiger partial charge < -0.3 is 10.4 Å². The molecule has 4 heteroatoms. The number of nitrogens with one attached hydrogen (secondary N) is 1. The lowest BCUT2D eigenvalue weighted by Crippen LogP contribution is -2.37. The standard InChI is InChI=1S/C14H19F2NO/c1-9(10-5-11(15)7-12(16)6-10)17-13-3-2-4-14(18)8-13/h5-7,9,13-14,17-18H,2-4,8H2,1H3. The Balaban J connectivity index is 2.00. The molecule has 0 radical (unpaired) electrons. The van der Waals surface area contributed by atoms with Gasteiger partial charge in [0.1, 0.15) is 11.6 Å². The van der Waals surface area contributed by atoms with Crippen molar-refractivity contribution < 1.29 is 13.9 Å². The van der Waals surface area contributed by atoms with Gasteiger partial charge in [0.05, 0.1) is 6.10 Å².